The molecule has 0 aliphatic rings. The maximum Gasteiger partial charge on any atom is 0.134 e. The molecular formula is C10H9ClO2. The number of phenols is 1. The standard InChI is InChI=1S/C10H9ClO2/c11-9-5-4-8(7-10(9)13)3-1-2-6-12/h1,3-7,13H,2H2. The second-order valence-corrected chi connectivity index (χ2v) is 2.92. The second kappa shape index (κ2) is 4.67. The third-order valence-electron chi connectivity index (χ3n) is 1.51. The van der Waals surface area contributed by atoms with Crippen molar-refractivity contribution in [2.75, 3.05) is 0 Å². The number of phenolic OH excluding ortho intramolecular Hbond substituents is 1. The molecule has 68 valence electrons. The van der Waals surface area contributed by atoms with Crippen molar-refractivity contribution in [1.82, 2.24) is 0 Å². The number of carbonyl (C=O) groups is 1. The molecular weight excluding hydrogens is 188 g/mol. The fraction of sp³-hybridized carbons (Fsp3) is 0.100. The van der Waals surface area contributed by atoms with E-state index in [9.17, 15) is 9.90 Å². The van der Waals surface area contributed by atoms with Crippen molar-refractivity contribution in [3.8, 4) is 5.75 Å². The lowest BCUT2D eigenvalue weighted by atomic mass is 10.2. The second-order valence-electron chi connectivity index (χ2n) is 2.52. The van der Waals surface area contributed by atoms with Crippen molar-refractivity contribution in [2.45, 2.75) is 6.42 Å². The van der Waals surface area contributed by atoms with Crippen molar-refractivity contribution >= 4 is 24.0 Å². The molecule has 0 saturated heterocycles. The molecule has 0 radical (unpaired) electrons. The van der Waals surface area contributed by atoms with Gasteiger partial charge in [-0.05, 0) is 17.7 Å². The molecule has 0 fully saturated rings. The first-order chi connectivity index (χ1) is 6.24. The number of aromatic hydroxyl groups is 1. The Bertz CT molecular complexity index is 332. The number of allylic oxidation sites excluding steroid dienone is 1. The van der Waals surface area contributed by atoms with E-state index in [0.717, 1.165) is 11.8 Å². The SMILES string of the molecule is O=CCC=Cc1ccc(Cl)c(O)c1. The van der Waals surface area contributed by atoms with E-state index in [-0.39, 0.29) is 5.75 Å². The Hall–Kier alpha value is -1.28. The van der Waals surface area contributed by atoms with Gasteiger partial charge in [0.2, 0.25) is 0 Å². The predicted octanol–water partition coefficient (Wildman–Crippen LogP) is 2.65. The predicted molar refractivity (Wildman–Crippen MR) is 52.8 cm³/mol. The molecule has 2 nitrogen and oxygen atoms in total. The van der Waals surface area contributed by atoms with Crippen molar-refractivity contribution in [3.05, 3.63) is 34.9 Å². The van der Waals surface area contributed by atoms with Crippen molar-refractivity contribution in [1.29, 1.82) is 0 Å². The number of hydrogen-bond acceptors (Lipinski definition) is 2. The minimum atomic E-state index is 0.0509. The van der Waals surface area contributed by atoms with Crippen LogP contribution in [0.1, 0.15) is 12.0 Å². The van der Waals surface area contributed by atoms with Crippen LogP contribution in [0.15, 0.2) is 24.3 Å². The number of carbonyl (C=O) groups excluding carboxylic acids is 1. The van der Waals surface area contributed by atoms with Gasteiger partial charge in [-0.15, -0.1) is 0 Å². The van der Waals surface area contributed by atoms with E-state index in [4.69, 9.17) is 11.6 Å². The highest BCUT2D eigenvalue weighted by Crippen LogP contribution is 2.24. The number of aldehydes is 1. The minimum Gasteiger partial charge on any atom is -0.506 e. The zero-order valence-electron chi connectivity index (χ0n) is 6.90. The fourth-order valence-corrected chi connectivity index (χ4v) is 1.01. The van der Waals surface area contributed by atoms with Crippen LogP contribution in [0.4, 0.5) is 0 Å². The van der Waals surface area contributed by atoms with Crippen molar-refractivity contribution in [3.63, 3.8) is 0 Å². The largest absolute Gasteiger partial charge is 0.506 e. The first-order valence-corrected chi connectivity index (χ1v) is 4.20. The Labute approximate surface area is 81.5 Å². The molecule has 1 rings (SSSR count). The number of rotatable bonds is 3. The molecule has 0 heterocycles. The van der Waals surface area contributed by atoms with Crippen LogP contribution in [0.25, 0.3) is 6.08 Å². The third-order valence-corrected chi connectivity index (χ3v) is 1.83. The molecule has 0 unspecified atom stereocenters. The molecule has 0 saturated carbocycles. The highest BCUT2D eigenvalue weighted by Gasteiger charge is 1.96. The molecule has 0 spiro atoms. The smallest absolute Gasteiger partial charge is 0.134 e. The number of hydrogen-bond donors (Lipinski definition) is 1. The lowest BCUT2D eigenvalue weighted by Gasteiger charge is -1.97. The molecule has 1 aromatic carbocycles. The highest BCUT2D eigenvalue weighted by molar-refractivity contribution is 6.32. The summed E-state index contributed by atoms with van der Waals surface area (Å²) < 4.78 is 0. The summed E-state index contributed by atoms with van der Waals surface area (Å²) in [6.45, 7) is 0. The summed E-state index contributed by atoms with van der Waals surface area (Å²) in [4.78, 5) is 9.99. The fourth-order valence-electron chi connectivity index (χ4n) is 0.893. The van der Waals surface area contributed by atoms with Crippen LogP contribution < -0.4 is 0 Å². The van der Waals surface area contributed by atoms with E-state index in [0.29, 0.717) is 11.4 Å². The van der Waals surface area contributed by atoms with Gasteiger partial charge in [0.15, 0.2) is 0 Å². The van der Waals surface area contributed by atoms with Crippen LogP contribution >= 0.6 is 11.6 Å². The molecule has 0 aromatic heterocycles. The molecule has 0 amide bonds. The Morgan fingerprint density at radius 3 is 2.85 bits per heavy atom. The van der Waals surface area contributed by atoms with Crippen LogP contribution in [-0.2, 0) is 4.79 Å². The molecule has 1 N–H and O–H groups in total. The summed E-state index contributed by atoms with van der Waals surface area (Å²) in [6.07, 6.45) is 4.66. The van der Waals surface area contributed by atoms with Crippen LogP contribution in [0, 0.1) is 0 Å². The van der Waals surface area contributed by atoms with Gasteiger partial charge >= 0.3 is 0 Å². The van der Waals surface area contributed by atoms with E-state index in [2.05, 4.69) is 0 Å². The van der Waals surface area contributed by atoms with Crippen molar-refractivity contribution in [2.24, 2.45) is 0 Å². The quantitative estimate of drug-likeness (QED) is 0.755. The van der Waals surface area contributed by atoms with Gasteiger partial charge in [-0.2, -0.15) is 0 Å². The van der Waals surface area contributed by atoms with E-state index in [1.807, 2.05) is 0 Å². The van der Waals surface area contributed by atoms with Gasteiger partial charge in [-0.25, -0.2) is 0 Å². The summed E-state index contributed by atoms with van der Waals surface area (Å²) in [5.74, 6) is 0.0509. The first-order valence-electron chi connectivity index (χ1n) is 3.82. The van der Waals surface area contributed by atoms with Crippen LogP contribution in [-0.4, -0.2) is 11.4 Å². The highest BCUT2D eigenvalue weighted by atomic mass is 35.5. The van der Waals surface area contributed by atoms with E-state index in [1.54, 1.807) is 30.4 Å². The first kappa shape index (κ1) is 9.81. The lowest BCUT2D eigenvalue weighted by Crippen LogP contribution is -1.73. The van der Waals surface area contributed by atoms with Gasteiger partial charge in [-0.3, -0.25) is 0 Å². The van der Waals surface area contributed by atoms with Crippen LogP contribution in [0.3, 0.4) is 0 Å². The van der Waals surface area contributed by atoms with Gasteiger partial charge in [0, 0.05) is 6.42 Å². The molecule has 13 heavy (non-hydrogen) atoms. The maximum absolute atomic E-state index is 9.99. The Morgan fingerprint density at radius 2 is 2.23 bits per heavy atom. The molecule has 1 aromatic rings. The van der Waals surface area contributed by atoms with Gasteiger partial charge in [0.05, 0.1) is 5.02 Å². The zero-order chi connectivity index (χ0) is 9.68. The molecule has 0 bridgehead atoms. The van der Waals surface area contributed by atoms with Crippen LogP contribution in [0.5, 0.6) is 5.75 Å². The zero-order valence-corrected chi connectivity index (χ0v) is 7.66. The van der Waals surface area contributed by atoms with E-state index >= 15 is 0 Å². The van der Waals surface area contributed by atoms with Gasteiger partial charge < -0.3 is 9.90 Å². The monoisotopic (exact) mass is 196 g/mol. The molecule has 0 atom stereocenters. The summed E-state index contributed by atoms with van der Waals surface area (Å²) in [7, 11) is 0. The summed E-state index contributed by atoms with van der Waals surface area (Å²) in [6, 6.07) is 4.92. The molecule has 0 aliphatic carbocycles. The third kappa shape index (κ3) is 2.92. The summed E-state index contributed by atoms with van der Waals surface area (Å²) in [5, 5.41) is 9.55. The number of halogens is 1. The van der Waals surface area contributed by atoms with Gasteiger partial charge in [-0.1, -0.05) is 29.8 Å². The van der Waals surface area contributed by atoms with Crippen LogP contribution in [0.2, 0.25) is 5.02 Å². The Kier molecular flexibility index (Phi) is 3.53. The average molecular weight is 197 g/mol. The number of benzene rings is 1. The summed E-state index contributed by atoms with van der Waals surface area (Å²) in [5.41, 5.74) is 0.823. The Balaban J connectivity index is 2.79. The average Bonchev–Trinajstić information content (AvgIpc) is 2.12. The van der Waals surface area contributed by atoms with Gasteiger partial charge in [0.1, 0.15) is 12.0 Å². The maximum atomic E-state index is 9.99. The Morgan fingerprint density at radius 1 is 1.46 bits per heavy atom. The lowest BCUT2D eigenvalue weighted by molar-refractivity contribution is -0.107. The van der Waals surface area contributed by atoms with E-state index in [1.165, 1.54) is 0 Å². The van der Waals surface area contributed by atoms with Gasteiger partial charge in [0.25, 0.3) is 0 Å². The van der Waals surface area contributed by atoms with E-state index < -0.39 is 0 Å². The topological polar surface area (TPSA) is 37.3 Å². The summed E-state index contributed by atoms with van der Waals surface area (Å²) >= 11 is 5.61. The normalized spacial score (nSPS) is 10.5. The minimum absolute atomic E-state index is 0.0509. The molecule has 0 aliphatic heterocycles. The van der Waals surface area contributed by atoms with Crippen molar-refractivity contribution < 1.29 is 9.90 Å². The molecule has 3 heteroatoms.